The maximum atomic E-state index is 10.9. The Morgan fingerprint density at radius 1 is 1.36 bits per heavy atom. The van der Waals surface area contributed by atoms with Gasteiger partial charge in [-0.2, -0.15) is 0 Å². The molecule has 1 N–H and O–H groups in total. The number of nitrogens with one attached hydrogen (secondary N) is 1. The fraction of sp³-hybridized carbons (Fsp3) is 0.900. The average Bonchev–Trinajstić information content (AvgIpc) is 2.02. The summed E-state index contributed by atoms with van der Waals surface area (Å²) in [6.07, 6.45) is 0. The number of rotatable bonds is 6. The monoisotopic (exact) mass is 203 g/mol. The summed E-state index contributed by atoms with van der Waals surface area (Å²) in [7, 11) is 0. The molecule has 0 aliphatic heterocycles. The molecule has 0 spiro atoms. The molecule has 0 aromatic heterocycles. The Morgan fingerprint density at radius 2 is 2.00 bits per heavy atom. The molecule has 0 aliphatic rings. The first kappa shape index (κ1) is 13.4. The van der Waals surface area contributed by atoms with Crippen LogP contribution in [0.3, 0.4) is 0 Å². The van der Waals surface area contributed by atoms with Gasteiger partial charge in [0.15, 0.2) is 0 Å². The zero-order valence-corrected chi connectivity index (χ0v) is 9.55. The summed E-state index contributed by atoms with van der Waals surface area (Å²) in [6, 6.07) is 0. The van der Waals surface area contributed by atoms with Gasteiger partial charge >= 0.3 is 5.97 Å². The second-order valence-corrected chi connectivity index (χ2v) is 3.94. The Hall–Kier alpha value is -0.610. The van der Waals surface area contributed by atoms with Gasteiger partial charge in [0.05, 0.1) is 25.4 Å². The summed E-state index contributed by atoms with van der Waals surface area (Å²) in [5.74, 6) is -0.219. The largest absolute Gasteiger partial charge is 0.465 e. The van der Waals surface area contributed by atoms with Crippen molar-refractivity contribution in [2.24, 2.45) is 0 Å². The lowest BCUT2D eigenvalue weighted by molar-refractivity contribution is -0.142. The third-order valence-electron chi connectivity index (χ3n) is 1.39. The van der Waals surface area contributed by atoms with Gasteiger partial charge in [-0.25, -0.2) is 0 Å². The van der Waals surface area contributed by atoms with E-state index in [1.54, 1.807) is 6.92 Å². The molecule has 0 atom stereocenters. The molecule has 0 saturated heterocycles. The lowest BCUT2D eigenvalue weighted by Crippen LogP contribution is -2.30. The quantitative estimate of drug-likeness (QED) is 0.516. The lowest BCUT2D eigenvalue weighted by Gasteiger charge is -2.19. The molecule has 0 radical (unpaired) electrons. The molecule has 0 bridgehead atoms. The van der Waals surface area contributed by atoms with Crippen LogP contribution in [0.1, 0.15) is 27.7 Å². The highest BCUT2D eigenvalue weighted by molar-refractivity contribution is 5.71. The SMILES string of the molecule is CCOC(=O)CNCCOC(C)(C)C. The van der Waals surface area contributed by atoms with Crippen LogP contribution >= 0.6 is 0 Å². The van der Waals surface area contributed by atoms with Crippen LogP contribution in [0.15, 0.2) is 0 Å². The van der Waals surface area contributed by atoms with Crippen LogP contribution < -0.4 is 5.32 Å². The summed E-state index contributed by atoms with van der Waals surface area (Å²) in [5.41, 5.74) is -0.119. The first-order valence-electron chi connectivity index (χ1n) is 4.96. The van der Waals surface area contributed by atoms with Crippen molar-refractivity contribution in [3.63, 3.8) is 0 Å². The molecule has 0 rings (SSSR count). The van der Waals surface area contributed by atoms with E-state index in [1.807, 2.05) is 20.8 Å². The molecule has 84 valence electrons. The fourth-order valence-electron chi connectivity index (χ4n) is 0.832. The van der Waals surface area contributed by atoms with Crippen LogP contribution in [0, 0.1) is 0 Å². The van der Waals surface area contributed by atoms with E-state index in [2.05, 4.69) is 5.32 Å². The third-order valence-corrected chi connectivity index (χ3v) is 1.39. The van der Waals surface area contributed by atoms with Crippen LogP contribution in [0.2, 0.25) is 0 Å². The molecule has 0 unspecified atom stereocenters. The Balaban J connectivity index is 3.26. The van der Waals surface area contributed by atoms with E-state index >= 15 is 0 Å². The van der Waals surface area contributed by atoms with E-state index in [-0.39, 0.29) is 18.1 Å². The number of esters is 1. The van der Waals surface area contributed by atoms with E-state index < -0.39 is 0 Å². The summed E-state index contributed by atoms with van der Waals surface area (Å²) in [6.45, 7) is 9.73. The summed E-state index contributed by atoms with van der Waals surface area (Å²) >= 11 is 0. The number of carbonyl (C=O) groups is 1. The highest BCUT2D eigenvalue weighted by Gasteiger charge is 2.09. The number of carbonyl (C=O) groups excluding carboxylic acids is 1. The maximum Gasteiger partial charge on any atom is 0.319 e. The minimum absolute atomic E-state index is 0.119. The molecule has 0 aromatic rings. The van der Waals surface area contributed by atoms with Crippen molar-refractivity contribution in [2.45, 2.75) is 33.3 Å². The van der Waals surface area contributed by atoms with Crippen molar-refractivity contribution in [3.05, 3.63) is 0 Å². The molecule has 0 saturated carbocycles. The summed E-state index contributed by atoms with van der Waals surface area (Å²) in [4.78, 5) is 10.9. The van der Waals surface area contributed by atoms with Crippen molar-refractivity contribution >= 4 is 5.97 Å². The normalized spacial score (nSPS) is 11.4. The molecule has 0 aromatic carbocycles. The topological polar surface area (TPSA) is 47.6 Å². The van der Waals surface area contributed by atoms with E-state index in [4.69, 9.17) is 9.47 Å². The van der Waals surface area contributed by atoms with Crippen molar-refractivity contribution in [1.29, 1.82) is 0 Å². The lowest BCUT2D eigenvalue weighted by atomic mass is 10.2. The van der Waals surface area contributed by atoms with Gasteiger partial charge in [-0.05, 0) is 27.7 Å². The van der Waals surface area contributed by atoms with Gasteiger partial charge in [0.1, 0.15) is 0 Å². The molecule has 0 aliphatic carbocycles. The van der Waals surface area contributed by atoms with Gasteiger partial charge in [0, 0.05) is 6.54 Å². The van der Waals surface area contributed by atoms with Crippen LogP contribution in [-0.2, 0) is 14.3 Å². The van der Waals surface area contributed by atoms with Crippen molar-refractivity contribution in [1.82, 2.24) is 5.32 Å². The van der Waals surface area contributed by atoms with E-state index in [9.17, 15) is 4.79 Å². The second kappa shape index (κ2) is 6.79. The Morgan fingerprint density at radius 3 is 2.50 bits per heavy atom. The fourth-order valence-corrected chi connectivity index (χ4v) is 0.832. The average molecular weight is 203 g/mol. The van der Waals surface area contributed by atoms with Crippen LogP contribution in [0.5, 0.6) is 0 Å². The van der Waals surface area contributed by atoms with Crippen LogP contribution in [-0.4, -0.2) is 37.9 Å². The molecule has 4 heteroatoms. The second-order valence-electron chi connectivity index (χ2n) is 3.94. The van der Waals surface area contributed by atoms with Gasteiger partial charge in [0.2, 0.25) is 0 Å². The van der Waals surface area contributed by atoms with E-state index in [0.29, 0.717) is 19.8 Å². The molecule has 14 heavy (non-hydrogen) atoms. The smallest absolute Gasteiger partial charge is 0.319 e. The van der Waals surface area contributed by atoms with Crippen LogP contribution in [0.25, 0.3) is 0 Å². The molecular formula is C10H21NO3. The van der Waals surface area contributed by atoms with Gasteiger partial charge in [-0.3, -0.25) is 4.79 Å². The highest BCUT2D eigenvalue weighted by Crippen LogP contribution is 2.04. The van der Waals surface area contributed by atoms with Crippen molar-refractivity contribution in [2.75, 3.05) is 26.3 Å². The minimum atomic E-state index is -0.219. The van der Waals surface area contributed by atoms with Gasteiger partial charge < -0.3 is 14.8 Å². The number of ether oxygens (including phenoxy) is 2. The Bertz CT molecular complexity index is 163. The molecule has 4 nitrogen and oxygen atoms in total. The highest BCUT2D eigenvalue weighted by atomic mass is 16.5. The van der Waals surface area contributed by atoms with Crippen molar-refractivity contribution in [3.8, 4) is 0 Å². The Labute approximate surface area is 86.0 Å². The predicted octanol–water partition coefficient (Wildman–Crippen LogP) is 0.954. The minimum Gasteiger partial charge on any atom is -0.465 e. The van der Waals surface area contributed by atoms with Crippen molar-refractivity contribution < 1.29 is 14.3 Å². The van der Waals surface area contributed by atoms with Crippen LogP contribution in [0.4, 0.5) is 0 Å². The van der Waals surface area contributed by atoms with Gasteiger partial charge in [-0.15, -0.1) is 0 Å². The van der Waals surface area contributed by atoms with Gasteiger partial charge in [-0.1, -0.05) is 0 Å². The zero-order valence-electron chi connectivity index (χ0n) is 9.55. The first-order valence-corrected chi connectivity index (χ1v) is 4.96. The standard InChI is InChI=1S/C10H21NO3/c1-5-13-9(12)8-11-6-7-14-10(2,3)4/h11H,5-8H2,1-4H3. The molecular weight excluding hydrogens is 182 g/mol. The molecule has 0 heterocycles. The Kier molecular flexibility index (Phi) is 6.49. The van der Waals surface area contributed by atoms with Gasteiger partial charge in [0.25, 0.3) is 0 Å². The number of hydrogen-bond acceptors (Lipinski definition) is 4. The molecule has 0 fully saturated rings. The van der Waals surface area contributed by atoms with E-state index in [1.165, 1.54) is 0 Å². The molecule has 0 amide bonds. The first-order chi connectivity index (χ1) is 6.45. The summed E-state index contributed by atoms with van der Waals surface area (Å²) < 4.78 is 10.2. The third kappa shape index (κ3) is 9.48. The number of hydrogen-bond donors (Lipinski definition) is 1. The summed E-state index contributed by atoms with van der Waals surface area (Å²) in [5, 5.41) is 2.94. The zero-order chi connectivity index (χ0) is 11.0. The van der Waals surface area contributed by atoms with E-state index in [0.717, 1.165) is 0 Å². The maximum absolute atomic E-state index is 10.9. The predicted molar refractivity (Wildman–Crippen MR) is 55.2 cm³/mol.